The number of aromatic nitrogens is 3. The quantitative estimate of drug-likeness (QED) is 0.610. The maximum Gasteiger partial charge on any atom is 0.276 e. The lowest BCUT2D eigenvalue weighted by Gasteiger charge is -2.34. The van der Waals surface area contributed by atoms with Gasteiger partial charge in [-0.1, -0.05) is 36.7 Å². The van der Waals surface area contributed by atoms with E-state index in [1.165, 1.54) is 4.68 Å². The minimum atomic E-state index is -0.225. The van der Waals surface area contributed by atoms with Gasteiger partial charge in [0.25, 0.3) is 5.56 Å². The zero-order chi connectivity index (χ0) is 22.1. The number of aryl methyl sites for hydroxylation is 2. The molecule has 3 heterocycles. The van der Waals surface area contributed by atoms with E-state index in [4.69, 9.17) is 11.6 Å². The van der Waals surface area contributed by atoms with Gasteiger partial charge in [0.2, 0.25) is 5.91 Å². The number of rotatable bonds is 5. The van der Waals surface area contributed by atoms with Gasteiger partial charge in [-0.3, -0.25) is 9.59 Å². The van der Waals surface area contributed by atoms with E-state index in [9.17, 15) is 9.59 Å². The molecule has 1 amide bonds. The molecule has 3 aromatic rings. The predicted molar refractivity (Wildman–Crippen MR) is 123 cm³/mol. The summed E-state index contributed by atoms with van der Waals surface area (Å²) < 4.78 is 3.38. The molecule has 1 aromatic carbocycles. The van der Waals surface area contributed by atoms with Crippen LogP contribution in [0.25, 0.3) is 10.8 Å². The number of benzene rings is 1. The van der Waals surface area contributed by atoms with Crippen molar-refractivity contribution in [3.63, 3.8) is 0 Å². The van der Waals surface area contributed by atoms with E-state index in [1.807, 2.05) is 43.0 Å². The van der Waals surface area contributed by atoms with Crippen molar-refractivity contribution in [1.82, 2.24) is 24.1 Å². The van der Waals surface area contributed by atoms with Crippen LogP contribution in [-0.4, -0.2) is 62.8 Å². The Kier molecular flexibility index (Phi) is 6.16. The second kappa shape index (κ2) is 8.85. The Morgan fingerprint density at radius 1 is 1.10 bits per heavy atom. The van der Waals surface area contributed by atoms with Crippen LogP contribution in [-0.2, 0) is 17.9 Å². The van der Waals surface area contributed by atoms with Gasteiger partial charge >= 0.3 is 0 Å². The van der Waals surface area contributed by atoms with Gasteiger partial charge in [-0.15, -0.1) is 0 Å². The number of fused-ring (bicyclic) bond motifs is 1. The summed E-state index contributed by atoms with van der Waals surface area (Å²) in [7, 11) is 0. The highest BCUT2D eigenvalue weighted by molar-refractivity contribution is 6.31. The molecule has 1 saturated heterocycles. The lowest BCUT2D eigenvalue weighted by atomic mass is 10.2. The van der Waals surface area contributed by atoms with Gasteiger partial charge in [0.05, 0.1) is 11.6 Å². The maximum atomic E-state index is 13.2. The third-order valence-electron chi connectivity index (χ3n) is 6.35. The average Bonchev–Trinajstić information content (AvgIpc) is 3.02. The molecule has 0 aliphatic carbocycles. The van der Waals surface area contributed by atoms with E-state index in [2.05, 4.69) is 21.5 Å². The zero-order valence-electron chi connectivity index (χ0n) is 18.3. The molecular formula is C23H28ClN5O2. The molecule has 4 rings (SSSR count). The Morgan fingerprint density at radius 2 is 1.81 bits per heavy atom. The topological polar surface area (TPSA) is 63.4 Å². The molecular weight excluding hydrogens is 414 g/mol. The second-order valence-electron chi connectivity index (χ2n) is 8.06. The lowest BCUT2D eigenvalue weighted by molar-refractivity contribution is -0.133. The summed E-state index contributed by atoms with van der Waals surface area (Å²) in [5.41, 5.74) is 2.59. The molecule has 1 aliphatic rings. The minimum Gasteiger partial charge on any atom is -0.343 e. The lowest BCUT2D eigenvalue weighted by Crippen LogP contribution is -2.49. The fourth-order valence-electron chi connectivity index (χ4n) is 4.33. The van der Waals surface area contributed by atoms with Gasteiger partial charge in [0.1, 0.15) is 6.54 Å². The molecule has 0 spiro atoms. The number of carbonyl (C=O) groups is 1. The molecule has 1 fully saturated rings. The Morgan fingerprint density at radius 3 is 2.48 bits per heavy atom. The van der Waals surface area contributed by atoms with Gasteiger partial charge in [0.15, 0.2) is 0 Å². The Hall–Kier alpha value is -2.64. The molecule has 0 radical (unpaired) electrons. The first-order chi connectivity index (χ1) is 14.9. The summed E-state index contributed by atoms with van der Waals surface area (Å²) in [6, 6.07) is 7.71. The van der Waals surface area contributed by atoms with Crippen LogP contribution in [0.3, 0.4) is 0 Å². The van der Waals surface area contributed by atoms with Crippen molar-refractivity contribution in [2.45, 2.75) is 33.9 Å². The maximum absolute atomic E-state index is 13.2. The molecule has 0 atom stereocenters. The number of nitrogens with zero attached hydrogens (tertiary/aromatic N) is 5. The van der Waals surface area contributed by atoms with Crippen LogP contribution in [0.2, 0.25) is 5.02 Å². The van der Waals surface area contributed by atoms with Gasteiger partial charge in [-0.25, -0.2) is 4.68 Å². The van der Waals surface area contributed by atoms with Crippen molar-refractivity contribution >= 4 is 28.3 Å². The van der Waals surface area contributed by atoms with Crippen molar-refractivity contribution in [2.24, 2.45) is 0 Å². The highest BCUT2D eigenvalue weighted by Gasteiger charge is 2.22. The van der Waals surface area contributed by atoms with Crippen LogP contribution in [0.1, 0.15) is 23.9 Å². The van der Waals surface area contributed by atoms with Crippen molar-refractivity contribution in [2.75, 3.05) is 32.7 Å². The molecule has 7 nitrogen and oxygen atoms in total. The second-order valence-corrected chi connectivity index (χ2v) is 8.47. The van der Waals surface area contributed by atoms with E-state index < -0.39 is 0 Å². The van der Waals surface area contributed by atoms with E-state index >= 15 is 0 Å². The largest absolute Gasteiger partial charge is 0.343 e. The standard InChI is InChI=1S/C23H28ClN5O2/c1-4-26-9-11-27(12-10-26)21(30)15-29-23(31)22-17(3)28(16(2)19(22)13-25-29)14-18-7-5-6-8-20(18)24/h5-8,13H,4,9-12,14-15H2,1-3H3. The van der Waals surface area contributed by atoms with E-state index in [0.29, 0.717) is 30.0 Å². The minimum absolute atomic E-state index is 0.0327. The summed E-state index contributed by atoms with van der Waals surface area (Å²) >= 11 is 6.35. The van der Waals surface area contributed by atoms with Gasteiger partial charge < -0.3 is 14.4 Å². The average molecular weight is 442 g/mol. The molecule has 0 unspecified atom stereocenters. The normalized spacial score (nSPS) is 15.0. The number of carbonyl (C=O) groups excluding carboxylic acids is 1. The van der Waals surface area contributed by atoms with Crippen molar-refractivity contribution in [3.05, 3.63) is 62.8 Å². The number of halogens is 1. The zero-order valence-corrected chi connectivity index (χ0v) is 19.0. The highest BCUT2D eigenvalue weighted by Crippen LogP contribution is 2.25. The Balaban J connectivity index is 1.62. The first kappa shape index (κ1) is 21.6. The molecule has 1 aliphatic heterocycles. The molecule has 0 bridgehead atoms. The van der Waals surface area contributed by atoms with Crippen molar-refractivity contribution in [1.29, 1.82) is 0 Å². The Bertz CT molecular complexity index is 1170. The molecule has 31 heavy (non-hydrogen) atoms. The molecule has 2 aromatic heterocycles. The molecule has 164 valence electrons. The number of hydrogen-bond acceptors (Lipinski definition) is 4. The third kappa shape index (κ3) is 4.12. The van der Waals surface area contributed by atoms with E-state index in [0.717, 1.165) is 42.0 Å². The molecule has 8 heteroatoms. The summed E-state index contributed by atoms with van der Waals surface area (Å²) in [4.78, 5) is 30.1. The SMILES string of the molecule is CCN1CCN(C(=O)Cn2ncc3c(C)n(Cc4ccccc4Cl)c(C)c3c2=O)CC1. The first-order valence-electron chi connectivity index (χ1n) is 10.7. The fourth-order valence-corrected chi connectivity index (χ4v) is 4.53. The van der Waals surface area contributed by atoms with E-state index in [-0.39, 0.29) is 18.0 Å². The summed E-state index contributed by atoms with van der Waals surface area (Å²) in [5, 5.41) is 6.45. The number of piperazine rings is 1. The number of hydrogen-bond donors (Lipinski definition) is 0. The molecule has 0 saturated carbocycles. The first-order valence-corrected chi connectivity index (χ1v) is 11.1. The monoisotopic (exact) mass is 441 g/mol. The molecule has 0 N–H and O–H groups in total. The van der Waals surface area contributed by atoms with Crippen LogP contribution in [0.15, 0.2) is 35.3 Å². The van der Waals surface area contributed by atoms with Crippen LogP contribution in [0.5, 0.6) is 0 Å². The summed E-state index contributed by atoms with van der Waals surface area (Å²) in [6.45, 7) is 10.7. The predicted octanol–water partition coefficient (Wildman–Crippen LogP) is 2.68. The van der Waals surface area contributed by atoms with Crippen LogP contribution >= 0.6 is 11.6 Å². The number of likely N-dealkylation sites (N-methyl/N-ethyl adjacent to an activating group) is 1. The summed E-state index contributed by atoms with van der Waals surface area (Å²) in [6.07, 6.45) is 1.70. The van der Waals surface area contributed by atoms with Gasteiger partial charge in [-0.05, 0) is 32.0 Å². The third-order valence-corrected chi connectivity index (χ3v) is 6.72. The smallest absolute Gasteiger partial charge is 0.276 e. The Labute approximate surface area is 186 Å². The number of amides is 1. The fraction of sp³-hybridized carbons (Fsp3) is 0.435. The van der Waals surface area contributed by atoms with Gasteiger partial charge in [-0.2, -0.15) is 5.10 Å². The van der Waals surface area contributed by atoms with Crippen LogP contribution in [0.4, 0.5) is 0 Å². The van der Waals surface area contributed by atoms with Crippen LogP contribution < -0.4 is 5.56 Å². The van der Waals surface area contributed by atoms with E-state index in [1.54, 1.807) is 6.20 Å². The van der Waals surface area contributed by atoms with Gasteiger partial charge in [0, 0.05) is 54.5 Å². The summed E-state index contributed by atoms with van der Waals surface area (Å²) in [5.74, 6) is -0.0606. The highest BCUT2D eigenvalue weighted by atomic mass is 35.5. The van der Waals surface area contributed by atoms with Crippen LogP contribution in [0, 0.1) is 13.8 Å². The van der Waals surface area contributed by atoms with Crippen molar-refractivity contribution in [3.8, 4) is 0 Å². The van der Waals surface area contributed by atoms with Crippen molar-refractivity contribution < 1.29 is 4.79 Å².